The second kappa shape index (κ2) is 6.32. The first-order valence-electron chi connectivity index (χ1n) is 7.60. The molecule has 2 aromatic rings. The number of nitrogens with two attached hydrogens (primary N) is 1. The van der Waals surface area contributed by atoms with Crippen molar-refractivity contribution in [3.05, 3.63) is 36.2 Å². The zero-order valence-electron chi connectivity index (χ0n) is 12.8. The molecule has 1 aliphatic heterocycles. The predicted molar refractivity (Wildman–Crippen MR) is 87.1 cm³/mol. The number of carbonyl (C=O) groups is 1. The van der Waals surface area contributed by atoms with Crippen LogP contribution in [0, 0.1) is 5.92 Å². The van der Waals surface area contributed by atoms with Crippen molar-refractivity contribution in [3.8, 4) is 0 Å². The van der Waals surface area contributed by atoms with Crippen LogP contribution in [0.4, 0.5) is 5.69 Å². The molecule has 0 radical (unpaired) electrons. The third-order valence-corrected chi connectivity index (χ3v) is 4.29. The van der Waals surface area contributed by atoms with Crippen LogP contribution in [0.5, 0.6) is 0 Å². The molecule has 1 saturated heterocycles. The maximum atomic E-state index is 11.4. The summed E-state index contributed by atoms with van der Waals surface area (Å²) in [6.07, 6.45) is 6.03. The number of pyridine rings is 1. The van der Waals surface area contributed by atoms with Crippen molar-refractivity contribution in [1.29, 1.82) is 0 Å². The van der Waals surface area contributed by atoms with Gasteiger partial charge in [0.25, 0.3) is 0 Å². The molecule has 0 aliphatic carbocycles. The lowest BCUT2D eigenvalue weighted by atomic mass is 9.97. The first kappa shape index (κ1) is 14.8. The van der Waals surface area contributed by atoms with Crippen LogP contribution in [0.1, 0.15) is 23.2 Å². The number of methoxy groups -OCH3 is 1. The monoisotopic (exact) mass is 299 g/mol. The van der Waals surface area contributed by atoms with Crippen LogP contribution in [-0.4, -0.2) is 37.7 Å². The molecule has 3 rings (SSSR count). The molecule has 5 nitrogen and oxygen atoms in total. The topological polar surface area (TPSA) is 68.4 Å². The van der Waals surface area contributed by atoms with Gasteiger partial charge < -0.3 is 15.4 Å². The first-order chi connectivity index (χ1) is 10.7. The number of anilines is 1. The van der Waals surface area contributed by atoms with E-state index in [-0.39, 0.29) is 0 Å². The highest BCUT2D eigenvalue weighted by Crippen LogP contribution is 2.30. The quantitative estimate of drug-likeness (QED) is 0.939. The lowest BCUT2D eigenvalue weighted by Crippen LogP contribution is -2.37. The molecule has 2 heterocycles. The number of hydrogen-bond acceptors (Lipinski definition) is 4. The molecule has 2 N–H and O–H groups in total. The van der Waals surface area contributed by atoms with E-state index < -0.39 is 5.91 Å². The van der Waals surface area contributed by atoms with Crippen molar-refractivity contribution < 1.29 is 9.53 Å². The smallest absolute Gasteiger partial charge is 0.248 e. The van der Waals surface area contributed by atoms with E-state index in [2.05, 4.69) is 9.88 Å². The zero-order chi connectivity index (χ0) is 15.5. The summed E-state index contributed by atoms with van der Waals surface area (Å²) in [5, 5.41) is 2.06. The number of ether oxygens (including phenoxy) is 1. The number of carbonyl (C=O) groups excluding carboxylic acids is 1. The van der Waals surface area contributed by atoms with Crippen molar-refractivity contribution in [2.75, 3.05) is 31.7 Å². The molecule has 0 unspecified atom stereocenters. The van der Waals surface area contributed by atoms with Crippen LogP contribution in [0.3, 0.4) is 0 Å². The van der Waals surface area contributed by atoms with Gasteiger partial charge in [-0.25, -0.2) is 0 Å². The minimum Gasteiger partial charge on any atom is -0.384 e. The Morgan fingerprint density at radius 1 is 1.45 bits per heavy atom. The lowest BCUT2D eigenvalue weighted by molar-refractivity contribution is 0.100. The maximum absolute atomic E-state index is 11.4. The highest BCUT2D eigenvalue weighted by atomic mass is 16.5. The largest absolute Gasteiger partial charge is 0.384 e. The van der Waals surface area contributed by atoms with Gasteiger partial charge in [0.1, 0.15) is 0 Å². The summed E-state index contributed by atoms with van der Waals surface area (Å²) >= 11 is 0. The molecule has 116 valence electrons. The van der Waals surface area contributed by atoms with Gasteiger partial charge in [0.2, 0.25) is 5.91 Å². The second-order valence-corrected chi connectivity index (χ2v) is 5.87. The highest BCUT2D eigenvalue weighted by molar-refractivity contribution is 6.01. The Morgan fingerprint density at radius 3 is 3.09 bits per heavy atom. The Balaban J connectivity index is 1.98. The van der Waals surface area contributed by atoms with E-state index in [0.717, 1.165) is 42.6 Å². The van der Waals surface area contributed by atoms with Crippen LogP contribution in [0.2, 0.25) is 0 Å². The third-order valence-electron chi connectivity index (χ3n) is 4.29. The van der Waals surface area contributed by atoms with Crippen molar-refractivity contribution in [1.82, 2.24) is 4.98 Å². The SMILES string of the molecule is COC[C@@H]1CCCN(c2cncc3ccc(C(N)=O)cc23)C1. The number of piperidine rings is 1. The average Bonchev–Trinajstić information content (AvgIpc) is 2.54. The van der Waals surface area contributed by atoms with Crippen LogP contribution >= 0.6 is 0 Å². The predicted octanol–water partition coefficient (Wildman–Crippen LogP) is 2.20. The Bertz CT molecular complexity index is 685. The van der Waals surface area contributed by atoms with Crippen LogP contribution < -0.4 is 10.6 Å². The second-order valence-electron chi connectivity index (χ2n) is 5.87. The van der Waals surface area contributed by atoms with E-state index in [9.17, 15) is 4.79 Å². The number of amides is 1. The fourth-order valence-electron chi connectivity index (χ4n) is 3.21. The fourth-order valence-corrected chi connectivity index (χ4v) is 3.21. The summed E-state index contributed by atoms with van der Waals surface area (Å²) in [5.41, 5.74) is 7.01. The molecule has 5 heteroatoms. The van der Waals surface area contributed by atoms with E-state index in [1.807, 2.05) is 24.5 Å². The zero-order valence-corrected chi connectivity index (χ0v) is 12.8. The van der Waals surface area contributed by atoms with Gasteiger partial charge in [-0.1, -0.05) is 6.07 Å². The van der Waals surface area contributed by atoms with Gasteiger partial charge >= 0.3 is 0 Å². The fraction of sp³-hybridized carbons (Fsp3) is 0.412. The number of hydrogen-bond donors (Lipinski definition) is 1. The normalized spacial score (nSPS) is 18.6. The number of benzene rings is 1. The Kier molecular flexibility index (Phi) is 4.24. The standard InChI is InChI=1S/C17H21N3O2/c1-22-11-12-3-2-6-20(10-12)16-9-19-8-14-5-4-13(17(18)21)7-15(14)16/h4-5,7-9,12H,2-3,6,10-11H2,1H3,(H2,18,21)/t12-/m1/s1. The van der Waals surface area contributed by atoms with Crippen molar-refractivity contribution >= 4 is 22.4 Å². The van der Waals surface area contributed by atoms with Crippen LogP contribution in [-0.2, 0) is 4.74 Å². The molecule has 0 spiro atoms. The Hall–Kier alpha value is -2.14. The van der Waals surface area contributed by atoms with Crippen molar-refractivity contribution in [2.24, 2.45) is 11.7 Å². The van der Waals surface area contributed by atoms with Gasteiger partial charge in [-0.05, 0) is 30.9 Å². The summed E-state index contributed by atoms with van der Waals surface area (Å²) < 4.78 is 5.30. The molecule has 1 aliphatic rings. The minimum atomic E-state index is -0.402. The first-order valence-corrected chi connectivity index (χ1v) is 7.60. The van der Waals surface area contributed by atoms with Gasteiger partial charge in [-0.15, -0.1) is 0 Å². The van der Waals surface area contributed by atoms with Crippen molar-refractivity contribution in [3.63, 3.8) is 0 Å². The van der Waals surface area contributed by atoms with E-state index >= 15 is 0 Å². The molecule has 1 amide bonds. The summed E-state index contributed by atoms with van der Waals surface area (Å²) in [4.78, 5) is 18.1. The third kappa shape index (κ3) is 2.90. The molecular weight excluding hydrogens is 278 g/mol. The van der Waals surface area contributed by atoms with E-state index in [1.165, 1.54) is 6.42 Å². The maximum Gasteiger partial charge on any atom is 0.248 e. The summed E-state index contributed by atoms with van der Waals surface area (Å²) in [7, 11) is 1.75. The molecule has 1 fully saturated rings. The highest BCUT2D eigenvalue weighted by Gasteiger charge is 2.21. The van der Waals surface area contributed by atoms with Gasteiger partial charge in [-0.3, -0.25) is 9.78 Å². The van der Waals surface area contributed by atoms with Gasteiger partial charge in [0.05, 0.1) is 18.5 Å². The number of rotatable bonds is 4. The molecule has 1 atom stereocenters. The number of fused-ring (bicyclic) bond motifs is 1. The minimum absolute atomic E-state index is 0.402. The molecule has 0 saturated carbocycles. The Morgan fingerprint density at radius 2 is 2.32 bits per heavy atom. The Labute approximate surface area is 130 Å². The molecule has 1 aromatic carbocycles. The molecule has 1 aromatic heterocycles. The molecule has 0 bridgehead atoms. The molecular formula is C17H21N3O2. The number of nitrogens with zero attached hydrogens (tertiary/aromatic N) is 2. The average molecular weight is 299 g/mol. The van der Waals surface area contributed by atoms with Crippen LogP contribution in [0.25, 0.3) is 10.8 Å². The summed E-state index contributed by atoms with van der Waals surface area (Å²) in [6, 6.07) is 5.52. The van der Waals surface area contributed by atoms with E-state index in [4.69, 9.17) is 10.5 Å². The summed E-state index contributed by atoms with van der Waals surface area (Å²) in [6.45, 7) is 2.73. The van der Waals surface area contributed by atoms with Crippen molar-refractivity contribution in [2.45, 2.75) is 12.8 Å². The lowest BCUT2D eigenvalue weighted by Gasteiger charge is -2.34. The van der Waals surface area contributed by atoms with Gasteiger partial charge in [0.15, 0.2) is 0 Å². The summed E-state index contributed by atoms with van der Waals surface area (Å²) in [5.74, 6) is 0.133. The van der Waals surface area contributed by atoms with Gasteiger partial charge in [-0.2, -0.15) is 0 Å². The number of aromatic nitrogens is 1. The van der Waals surface area contributed by atoms with E-state index in [1.54, 1.807) is 13.2 Å². The van der Waals surface area contributed by atoms with Gasteiger partial charge in [0, 0.05) is 42.7 Å². The molecule has 22 heavy (non-hydrogen) atoms. The van der Waals surface area contributed by atoms with E-state index in [0.29, 0.717) is 11.5 Å². The number of primary amides is 1. The van der Waals surface area contributed by atoms with Crippen LogP contribution in [0.15, 0.2) is 30.6 Å².